The first-order valence-corrected chi connectivity index (χ1v) is 5.79. The second-order valence-corrected chi connectivity index (χ2v) is 4.24. The van der Waals surface area contributed by atoms with E-state index >= 15 is 0 Å². The molecule has 17 heavy (non-hydrogen) atoms. The molecule has 0 spiro atoms. The van der Waals surface area contributed by atoms with Gasteiger partial charge in [-0.1, -0.05) is 18.2 Å². The fraction of sp³-hybridized carbons (Fsp3) is 0.462. The zero-order chi connectivity index (χ0) is 12.3. The predicted octanol–water partition coefficient (Wildman–Crippen LogP) is 2.56. The van der Waals surface area contributed by atoms with Crippen molar-refractivity contribution >= 4 is 5.97 Å². The number of carboxylic acid groups (broad SMARTS) is 1. The van der Waals surface area contributed by atoms with Crippen LogP contribution in [0, 0.1) is 5.82 Å². The molecule has 2 atom stereocenters. The van der Waals surface area contributed by atoms with Crippen molar-refractivity contribution in [2.45, 2.75) is 31.3 Å². The van der Waals surface area contributed by atoms with E-state index in [1.54, 1.807) is 12.1 Å². The third-order valence-corrected chi connectivity index (χ3v) is 3.09. The van der Waals surface area contributed by atoms with Crippen molar-refractivity contribution in [1.29, 1.82) is 0 Å². The minimum atomic E-state index is -1.03. The lowest BCUT2D eigenvalue weighted by molar-refractivity contribution is -0.144. The Balaban J connectivity index is 2.28. The molecule has 2 unspecified atom stereocenters. The van der Waals surface area contributed by atoms with Crippen molar-refractivity contribution in [2.75, 3.05) is 6.61 Å². The van der Waals surface area contributed by atoms with Crippen molar-refractivity contribution in [3.8, 4) is 0 Å². The van der Waals surface area contributed by atoms with Crippen molar-refractivity contribution in [2.24, 2.45) is 0 Å². The summed E-state index contributed by atoms with van der Waals surface area (Å²) < 4.78 is 19.1. The fourth-order valence-electron chi connectivity index (χ4n) is 2.25. The Bertz CT molecular complexity index is 399. The SMILES string of the molecule is O=C(O)C(c1ccccc1F)C1CCCCO1. The molecule has 1 aromatic rings. The summed E-state index contributed by atoms with van der Waals surface area (Å²) in [6, 6.07) is 6.01. The first kappa shape index (κ1) is 12.0. The molecule has 0 amide bonds. The molecule has 0 saturated carbocycles. The molecule has 1 aliphatic rings. The molecule has 1 fully saturated rings. The number of carboxylic acids is 1. The third-order valence-electron chi connectivity index (χ3n) is 3.09. The molecule has 1 N–H and O–H groups in total. The first-order valence-electron chi connectivity index (χ1n) is 5.79. The van der Waals surface area contributed by atoms with Gasteiger partial charge in [0.25, 0.3) is 0 Å². The summed E-state index contributed by atoms with van der Waals surface area (Å²) in [6.45, 7) is 0.558. The van der Waals surface area contributed by atoms with E-state index in [9.17, 15) is 14.3 Å². The predicted molar refractivity (Wildman–Crippen MR) is 60.4 cm³/mol. The Morgan fingerprint density at radius 2 is 2.18 bits per heavy atom. The van der Waals surface area contributed by atoms with Gasteiger partial charge in [0.05, 0.1) is 6.10 Å². The summed E-state index contributed by atoms with van der Waals surface area (Å²) in [6.07, 6.45) is 2.13. The normalized spacial score (nSPS) is 22.1. The van der Waals surface area contributed by atoms with Crippen molar-refractivity contribution in [3.05, 3.63) is 35.6 Å². The number of carbonyl (C=O) groups is 1. The zero-order valence-corrected chi connectivity index (χ0v) is 9.43. The van der Waals surface area contributed by atoms with Gasteiger partial charge < -0.3 is 9.84 Å². The number of aliphatic carboxylic acids is 1. The summed E-state index contributed by atoms with van der Waals surface area (Å²) in [4.78, 5) is 11.3. The molecular weight excluding hydrogens is 223 g/mol. The van der Waals surface area contributed by atoms with Crippen molar-refractivity contribution in [1.82, 2.24) is 0 Å². The smallest absolute Gasteiger partial charge is 0.313 e. The molecule has 1 aliphatic heterocycles. The van der Waals surface area contributed by atoms with E-state index in [0.29, 0.717) is 13.0 Å². The highest BCUT2D eigenvalue weighted by Crippen LogP contribution is 2.30. The number of halogens is 1. The number of hydrogen-bond acceptors (Lipinski definition) is 2. The van der Waals surface area contributed by atoms with Crippen LogP contribution in [0.1, 0.15) is 30.7 Å². The molecule has 3 nitrogen and oxygen atoms in total. The molecule has 0 radical (unpaired) electrons. The minimum Gasteiger partial charge on any atom is -0.481 e. The lowest BCUT2D eigenvalue weighted by Crippen LogP contribution is -2.32. The summed E-state index contributed by atoms with van der Waals surface area (Å²) >= 11 is 0. The Labute approximate surface area is 99.2 Å². The van der Waals surface area contributed by atoms with Gasteiger partial charge in [0.15, 0.2) is 0 Å². The highest BCUT2D eigenvalue weighted by atomic mass is 19.1. The quantitative estimate of drug-likeness (QED) is 0.880. The minimum absolute atomic E-state index is 0.215. The summed E-state index contributed by atoms with van der Waals surface area (Å²) in [5.74, 6) is -2.41. The summed E-state index contributed by atoms with van der Waals surface area (Å²) in [5, 5.41) is 9.26. The standard InChI is InChI=1S/C13H15FO3/c14-10-6-2-1-5-9(10)12(13(15)16)11-7-3-4-8-17-11/h1-2,5-6,11-12H,3-4,7-8H2,(H,15,16). The van der Waals surface area contributed by atoms with E-state index in [4.69, 9.17) is 4.74 Å². The van der Waals surface area contributed by atoms with Gasteiger partial charge in [0, 0.05) is 12.2 Å². The number of ether oxygens (including phenoxy) is 1. The number of hydrogen-bond donors (Lipinski definition) is 1. The van der Waals surface area contributed by atoms with Crippen molar-refractivity contribution in [3.63, 3.8) is 0 Å². The molecule has 2 rings (SSSR count). The lowest BCUT2D eigenvalue weighted by Gasteiger charge is -2.28. The second kappa shape index (κ2) is 5.27. The first-order chi connectivity index (χ1) is 8.20. The van der Waals surface area contributed by atoms with Crippen LogP contribution in [0.25, 0.3) is 0 Å². The molecule has 1 saturated heterocycles. The maximum absolute atomic E-state index is 13.6. The van der Waals surface area contributed by atoms with Crippen LogP contribution in [0.15, 0.2) is 24.3 Å². The number of rotatable bonds is 3. The Hall–Kier alpha value is -1.42. The van der Waals surface area contributed by atoms with E-state index in [2.05, 4.69) is 0 Å². The van der Waals surface area contributed by atoms with Crippen LogP contribution in [0.2, 0.25) is 0 Å². The average molecular weight is 238 g/mol. The second-order valence-electron chi connectivity index (χ2n) is 4.24. The van der Waals surface area contributed by atoms with E-state index in [1.807, 2.05) is 0 Å². The van der Waals surface area contributed by atoms with Gasteiger partial charge in [0.2, 0.25) is 0 Å². The van der Waals surface area contributed by atoms with Crippen LogP contribution < -0.4 is 0 Å². The summed E-state index contributed by atoms with van der Waals surface area (Å²) in [7, 11) is 0. The highest BCUT2D eigenvalue weighted by Gasteiger charge is 2.33. The molecule has 0 bridgehead atoms. The van der Waals surface area contributed by atoms with E-state index in [0.717, 1.165) is 12.8 Å². The van der Waals surface area contributed by atoms with Crippen LogP contribution in [-0.2, 0) is 9.53 Å². The molecule has 0 aromatic heterocycles. The molecular formula is C13H15FO3. The topological polar surface area (TPSA) is 46.5 Å². The van der Waals surface area contributed by atoms with E-state index < -0.39 is 23.8 Å². The van der Waals surface area contributed by atoms with Gasteiger partial charge in [-0.05, 0) is 25.3 Å². The van der Waals surface area contributed by atoms with Gasteiger partial charge in [0.1, 0.15) is 11.7 Å². The van der Waals surface area contributed by atoms with Gasteiger partial charge in [-0.15, -0.1) is 0 Å². The molecule has 92 valence electrons. The lowest BCUT2D eigenvalue weighted by atomic mass is 9.89. The van der Waals surface area contributed by atoms with Gasteiger partial charge >= 0.3 is 5.97 Å². The number of benzene rings is 1. The van der Waals surface area contributed by atoms with Crippen LogP contribution in [0.5, 0.6) is 0 Å². The Morgan fingerprint density at radius 3 is 2.76 bits per heavy atom. The van der Waals surface area contributed by atoms with Gasteiger partial charge in [-0.25, -0.2) is 4.39 Å². The van der Waals surface area contributed by atoms with Crippen LogP contribution in [-0.4, -0.2) is 23.8 Å². The maximum atomic E-state index is 13.6. The molecule has 0 aliphatic carbocycles. The summed E-state index contributed by atoms with van der Waals surface area (Å²) in [5.41, 5.74) is 0.215. The Kier molecular flexibility index (Phi) is 3.74. The molecule has 1 aromatic carbocycles. The maximum Gasteiger partial charge on any atom is 0.313 e. The van der Waals surface area contributed by atoms with Gasteiger partial charge in [-0.3, -0.25) is 4.79 Å². The zero-order valence-electron chi connectivity index (χ0n) is 9.43. The van der Waals surface area contributed by atoms with Gasteiger partial charge in [-0.2, -0.15) is 0 Å². The van der Waals surface area contributed by atoms with Crippen LogP contribution in [0.3, 0.4) is 0 Å². The molecule has 1 heterocycles. The fourth-order valence-corrected chi connectivity index (χ4v) is 2.25. The largest absolute Gasteiger partial charge is 0.481 e. The van der Waals surface area contributed by atoms with E-state index in [1.165, 1.54) is 12.1 Å². The highest BCUT2D eigenvalue weighted by molar-refractivity contribution is 5.77. The van der Waals surface area contributed by atoms with Crippen molar-refractivity contribution < 1.29 is 19.0 Å². The average Bonchev–Trinajstić information content (AvgIpc) is 2.33. The van der Waals surface area contributed by atoms with E-state index in [-0.39, 0.29) is 5.56 Å². The third kappa shape index (κ3) is 2.64. The van der Waals surface area contributed by atoms with Crippen LogP contribution in [0.4, 0.5) is 4.39 Å². The Morgan fingerprint density at radius 1 is 1.41 bits per heavy atom. The molecule has 4 heteroatoms. The van der Waals surface area contributed by atoms with Crippen LogP contribution >= 0.6 is 0 Å². The monoisotopic (exact) mass is 238 g/mol.